The number of benzene rings is 2. The molecule has 36 heavy (non-hydrogen) atoms. The molecule has 0 fully saturated rings. The molecule has 0 spiro atoms. The molecule has 0 radical (unpaired) electrons. The van der Waals surface area contributed by atoms with Gasteiger partial charge in [0, 0.05) is 28.9 Å². The number of rotatable bonds is 11. The number of amides is 1. The number of aliphatic hydroxyl groups excluding tert-OH is 1. The van der Waals surface area contributed by atoms with Crippen molar-refractivity contribution in [2.24, 2.45) is 5.41 Å². The fourth-order valence-electron chi connectivity index (χ4n) is 4.09. The Bertz CT molecular complexity index is 1210. The van der Waals surface area contributed by atoms with Gasteiger partial charge in [0.2, 0.25) is 0 Å². The van der Waals surface area contributed by atoms with Crippen LogP contribution >= 0.6 is 11.6 Å². The van der Waals surface area contributed by atoms with Gasteiger partial charge in [-0.25, -0.2) is 4.39 Å². The van der Waals surface area contributed by atoms with Gasteiger partial charge in [0.15, 0.2) is 0 Å². The Hall–Kier alpha value is -3.23. The molecule has 2 aromatic carbocycles. The van der Waals surface area contributed by atoms with Gasteiger partial charge in [0.1, 0.15) is 11.5 Å². The molecule has 9 heteroatoms. The average Bonchev–Trinajstić information content (AvgIpc) is 3.32. The summed E-state index contributed by atoms with van der Waals surface area (Å²) in [5.74, 6) is -1.70. The number of aromatic amines is 1. The molecule has 0 saturated heterocycles. The number of nitrogens with zero attached hydrogens (tertiary/aromatic N) is 1. The van der Waals surface area contributed by atoms with Crippen LogP contribution in [-0.2, 0) is 11.2 Å². The van der Waals surface area contributed by atoms with Crippen LogP contribution in [0.1, 0.15) is 61.3 Å². The monoisotopic (exact) mass is 515 g/mol. The maximum absolute atomic E-state index is 14.3. The number of hydrogen-bond acceptors (Lipinski definition) is 4. The maximum atomic E-state index is 14.3. The minimum absolute atomic E-state index is 0.0432. The van der Waals surface area contributed by atoms with Crippen molar-refractivity contribution in [3.63, 3.8) is 0 Å². The summed E-state index contributed by atoms with van der Waals surface area (Å²) in [7, 11) is 0. The van der Waals surface area contributed by atoms with Gasteiger partial charge in [0.05, 0.1) is 5.41 Å². The molecular formula is C27H31ClFN3O4. The van der Waals surface area contributed by atoms with Gasteiger partial charge < -0.3 is 15.5 Å². The summed E-state index contributed by atoms with van der Waals surface area (Å²) < 4.78 is 14.3. The molecule has 0 aliphatic rings. The summed E-state index contributed by atoms with van der Waals surface area (Å²) in [6.45, 7) is 5.22. The smallest absolute Gasteiger partial charge is 0.309 e. The number of carbonyl (C=O) groups is 2. The number of aromatic nitrogens is 2. The number of carbonyl (C=O) groups excluding carboxylic acids is 1. The molecule has 3 aromatic rings. The standard InChI is InChI=1S/C27H31ClFN3O4/c1-16(2)23-14-24(32-31-23)25(34)30-20(15-27(3,10-11-33)26(35)36)12-17-4-6-18(7-5-17)21-13-19(28)8-9-22(21)29/h4-9,13-14,16,20,33H,10-12,15H2,1-3H3,(H,30,34)(H,31,32)(H,35,36)/t20-,27-/m1/s1. The molecule has 4 N–H and O–H groups in total. The molecule has 0 aliphatic heterocycles. The molecule has 0 unspecified atom stereocenters. The summed E-state index contributed by atoms with van der Waals surface area (Å²) in [4.78, 5) is 25.0. The van der Waals surface area contributed by atoms with Gasteiger partial charge in [-0.3, -0.25) is 14.7 Å². The fraction of sp³-hybridized carbons (Fsp3) is 0.370. The second-order valence-electron chi connectivity index (χ2n) is 9.60. The fourth-order valence-corrected chi connectivity index (χ4v) is 4.26. The van der Waals surface area contributed by atoms with Crippen LogP contribution in [0, 0.1) is 11.2 Å². The van der Waals surface area contributed by atoms with E-state index in [-0.39, 0.29) is 31.1 Å². The first-order valence-corrected chi connectivity index (χ1v) is 12.1. The van der Waals surface area contributed by atoms with Crippen LogP contribution < -0.4 is 5.32 Å². The van der Waals surface area contributed by atoms with Crippen LogP contribution in [0.4, 0.5) is 4.39 Å². The normalized spacial score (nSPS) is 13.9. The van der Waals surface area contributed by atoms with Gasteiger partial charge in [-0.15, -0.1) is 0 Å². The highest BCUT2D eigenvalue weighted by Gasteiger charge is 2.36. The first-order chi connectivity index (χ1) is 17.0. The second kappa shape index (κ2) is 11.7. The van der Waals surface area contributed by atoms with Crippen LogP contribution in [0.3, 0.4) is 0 Å². The molecule has 3 rings (SSSR count). The second-order valence-corrected chi connectivity index (χ2v) is 10.0. The first kappa shape index (κ1) is 27.4. The zero-order chi connectivity index (χ0) is 26.5. The van der Waals surface area contributed by atoms with E-state index in [1.54, 1.807) is 31.2 Å². The number of aliphatic carboxylic acids is 1. The Morgan fingerprint density at radius 2 is 1.86 bits per heavy atom. The molecule has 1 heterocycles. The Morgan fingerprint density at radius 1 is 1.17 bits per heavy atom. The van der Waals surface area contributed by atoms with Crippen molar-refractivity contribution < 1.29 is 24.2 Å². The number of nitrogens with one attached hydrogen (secondary N) is 2. The van der Waals surface area contributed by atoms with Gasteiger partial charge in [-0.05, 0) is 67.5 Å². The number of hydrogen-bond donors (Lipinski definition) is 4. The Labute approximate surface area is 214 Å². The van der Waals surface area contributed by atoms with E-state index >= 15 is 0 Å². The summed E-state index contributed by atoms with van der Waals surface area (Å²) in [6.07, 6.45) is 0.474. The van der Waals surface area contributed by atoms with Crippen LogP contribution in [0.5, 0.6) is 0 Å². The van der Waals surface area contributed by atoms with E-state index in [1.807, 2.05) is 26.0 Å². The molecule has 1 amide bonds. The van der Waals surface area contributed by atoms with E-state index in [9.17, 15) is 24.2 Å². The van der Waals surface area contributed by atoms with E-state index < -0.39 is 29.2 Å². The number of carboxylic acids is 1. The third kappa shape index (κ3) is 6.71. The lowest BCUT2D eigenvalue weighted by molar-refractivity contribution is -0.149. The molecule has 1 aromatic heterocycles. The van der Waals surface area contributed by atoms with Crippen LogP contribution in [0.2, 0.25) is 5.02 Å². The highest BCUT2D eigenvalue weighted by molar-refractivity contribution is 6.30. The summed E-state index contributed by atoms with van der Waals surface area (Å²) >= 11 is 6.02. The van der Waals surface area contributed by atoms with Crippen molar-refractivity contribution in [2.75, 3.05) is 6.61 Å². The lowest BCUT2D eigenvalue weighted by Crippen LogP contribution is -2.43. The topological polar surface area (TPSA) is 115 Å². The summed E-state index contributed by atoms with van der Waals surface area (Å²) in [6, 6.07) is 12.6. The van der Waals surface area contributed by atoms with E-state index in [0.29, 0.717) is 22.6 Å². The van der Waals surface area contributed by atoms with Crippen molar-refractivity contribution in [1.82, 2.24) is 15.5 Å². The number of halogens is 2. The zero-order valence-corrected chi connectivity index (χ0v) is 21.3. The minimum Gasteiger partial charge on any atom is -0.481 e. The van der Waals surface area contributed by atoms with E-state index in [2.05, 4.69) is 15.5 Å². The third-order valence-electron chi connectivity index (χ3n) is 6.34. The lowest BCUT2D eigenvalue weighted by atomic mass is 9.79. The Morgan fingerprint density at radius 3 is 2.44 bits per heavy atom. The average molecular weight is 516 g/mol. The van der Waals surface area contributed by atoms with E-state index in [4.69, 9.17) is 11.6 Å². The minimum atomic E-state index is -1.24. The molecule has 0 bridgehead atoms. The number of aliphatic hydroxyl groups is 1. The third-order valence-corrected chi connectivity index (χ3v) is 6.57. The zero-order valence-electron chi connectivity index (χ0n) is 20.5. The summed E-state index contributed by atoms with van der Waals surface area (Å²) in [5.41, 5.74) is 1.64. The molecule has 7 nitrogen and oxygen atoms in total. The maximum Gasteiger partial charge on any atom is 0.309 e. The predicted octanol–water partition coefficient (Wildman–Crippen LogP) is 5.20. The van der Waals surface area contributed by atoms with Crippen LogP contribution in [-0.4, -0.2) is 44.9 Å². The summed E-state index contributed by atoms with van der Waals surface area (Å²) in [5, 5.41) is 29.5. The number of H-pyrrole nitrogens is 1. The lowest BCUT2D eigenvalue weighted by Gasteiger charge is -2.29. The van der Waals surface area contributed by atoms with Crippen LogP contribution in [0.15, 0.2) is 48.5 Å². The predicted molar refractivity (Wildman–Crippen MR) is 137 cm³/mol. The molecule has 192 valence electrons. The van der Waals surface area contributed by atoms with Crippen molar-refractivity contribution >= 4 is 23.5 Å². The van der Waals surface area contributed by atoms with Crippen molar-refractivity contribution in [3.8, 4) is 11.1 Å². The molecule has 0 saturated carbocycles. The molecular weight excluding hydrogens is 485 g/mol. The highest BCUT2D eigenvalue weighted by Crippen LogP contribution is 2.30. The van der Waals surface area contributed by atoms with Crippen molar-refractivity contribution in [3.05, 3.63) is 76.3 Å². The van der Waals surface area contributed by atoms with Crippen molar-refractivity contribution in [1.29, 1.82) is 0 Å². The quantitative estimate of drug-likeness (QED) is 0.280. The Kier molecular flexibility index (Phi) is 8.87. The van der Waals surface area contributed by atoms with Crippen LogP contribution in [0.25, 0.3) is 11.1 Å². The SMILES string of the molecule is CC(C)c1cc(C(=O)N[C@H](Cc2ccc(-c3cc(Cl)ccc3F)cc2)C[C@@](C)(CCO)C(=O)O)n[nH]1. The highest BCUT2D eigenvalue weighted by atomic mass is 35.5. The largest absolute Gasteiger partial charge is 0.481 e. The Balaban J connectivity index is 1.85. The number of carboxylic acid groups (broad SMARTS) is 1. The van der Waals surface area contributed by atoms with Gasteiger partial charge in [-0.2, -0.15) is 5.10 Å². The first-order valence-electron chi connectivity index (χ1n) is 11.8. The van der Waals surface area contributed by atoms with E-state index in [1.165, 1.54) is 12.1 Å². The van der Waals surface area contributed by atoms with Gasteiger partial charge in [0.25, 0.3) is 5.91 Å². The van der Waals surface area contributed by atoms with Gasteiger partial charge >= 0.3 is 5.97 Å². The van der Waals surface area contributed by atoms with Gasteiger partial charge in [-0.1, -0.05) is 49.7 Å². The molecule has 0 aliphatic carbocycles. The van der Waals surface area contributed by atoms with Crippen molar-refractivity contribution in [2.45, 2.75) is 52.0 Å². The van der Waals surface area contributed by atoms with E-state index in [0.717, 1.165) is 11.3 Å². The molecule has 2 atom stereocenters.